The van der Waals surface area contributed by atoms with Gasteiger partial charge in [-0.2, -0.15) is 13.2 Å². The number of amides is 1. The summed E-state index contributed by atoms with van der Waals surface area (Å²) in [5.74, 6) is -1.28. The topological polar surface area (TPSA) is 55.4 Å². The normalized spacial score (nSPS) is 12.8. The maximum atomic E-state index is 12.6. The number of carbonyl (C=O) groups excluding carboxylic acids is 2. The Morgan fingerprint density at radius 2 is 2.04 bits per heavy atom. The summed E-state index contributed by atoms with van der Waals surface area (Å²) in [6.45, 7) is 1.33. The van der Waals surface area contributed by atoms with Crippen molar-refractivity contribution in [3.05, 3.63) is 63.9 Å². The van der Waals surface area contributed by atoms with Crippen molar-refractivity contribution in [2.24, 2.45) is 0 Å². The maximum absolute atomic E-state index is 12.6. The molecule has 0 unspecified atom stereocenters. The van der Waals surface area contributed by atoms with E-state index in [0.717, 1.165) is 23.1 Å². The van der Waals surface area contributed by atoms with Crippen molar-refractivity contribution >= 4 is 29.3 Å². The van der Waals surface area contributed by atoms with Crippen LogP contribution in [0.15, 0.2) is 47.9 Å². The predicted molar refractivity (Wildman–Crippen MR) is 92.3 cm³/mol. The molecule has 8 heteroatoms. The lowest BCUT2D eigenvalue weighted by atomic mass is 10.1. The van der Waals surface area contributed by atoms with E-state index in [1.807, 2.05) is 17.5 Å². The second kappa shape index (κ2) is 8.66. The van der Waals surface area contributed by atoms with Gasteiger partial charge in [-0.1, -0.05) is 18.2 Å². The standard InChI is InChI=1S/C18H16F3NO3S/c1-12(15-6-3-9-26-15)22-16(23)11-25-17(24)8-7-13-4-2-5-14(10-13)18(19,20)21/h2-10,12H,11H2,1H3,(H,22,23)/b8-7+/t12-/m1/s1. The molecule has 0 saturated carbocycles. The van der Waals surface area contributed by atoms with Crippen LogP contribution in [0, 0.1) is 0 Å². The number of nitrogens with one attached hydrogen (secondary N) is 1. The van der Waals surface area contributed by atoms with Crippen LogP contribution in [0.4, 0.5) is 13.2 Å². The van der Waals surface area contributed by atoms with E-state index < -0.39 is 30.2 Å². The smallest absolute Gasteiger partial charge is 0.416 e. The van der Waals surface area contributed by atoms with Crippen molar-refractivity contribution in [1.82, 2.24) is 5.32 Å². The van der Waals surface area contributed by atoms with Gasteiger partial charge in [0.2, 0.25) is 0 Å². The van der Waals surface area contributed by atoms with Gasteiger partial charge >= 0.3 is 12.1 Å². The number of alkyl halides is 3. The lowest BCUT2D eigenvalue weighted by Crippen LogP contribution is -2.30. The van der Waals surface area contributed by atoms with Crippen LogP contribution in [0.25, 0.3) is 6.08 Å². The van der Waals surface area contributed by atoms with Crippen molar-refractivity contribution < 1.29 is 27.5 Å². The average molecular weight is 383 g/mol. The second-order valence-corrected chi connectivity index (χ2v) is 6.35. The first-order valence-electron chi connectivity index (χ1n) is 7.60. The molecule has 1 amide bonds. The molecule has 0 bridgehead atoms. The number of rotatable bonds is 6. The fourth-order valence-electron chi connectivity index (χ4n) is 2.06. The molecule has 0 saturated heterocycles. The Morgan fingerprint density at radius 3 is 2.69 bits per heavy atom. The van der Waals surface area contributed by atoms with Crippen LogP contribution in [-0.4, -0.2) is 18.5 Å². The highest BCUT2D eigenvalue weighted by Crippen LogP contribution is 2.29. The van der Waals surface area contributed by atoms with Crippen molar-refractivity contribution in [2.45, 2.75) is 19.1 Å². The third-order valence-corrected chi connectivity index (χ3v) is 4.37. The lowest BCUT2D eigenvalue weighted by molar-refractivity contribution is -0.144. The van der Waals surface area contributed by atoms with Gasteiger partial charge < -0.3 is 10.1 Å². The zero-order valence-corrected chi connectivity index (χ0v) is 14.6. The molecule has 1 N–H and O–H groups in total. The first-order chi connectivity index (χ1) is 12.3. The molecule has 138 valence electrons. The van der Waals surface area contributed by atoms with E-state index in [4.69, 9.17) is 4.74 Å². The Bertz CT molecular complexity index is 785. The van der Waals surface area contributed by atoms with Gasteiger partial charge in [-0.3, -0.25) is 4.79 Å². The summed E-state index contributed by atoms with van der Waals surface area (Å²) in [4.78, 5) is 24.3. The van der Waals surface area contributed by atoms with E-state index in [2.05, 4.69) is 5.32 Å². The van der Waals surface area contributed by atoms with Crippen molar-refractivity contribution in [3.8, 4) is 0 Å². The van der Waals surface area contributed by atoms with Crippen LogP contribution in [0.5, 0.6) is 0 Å². The highest BCUT2D eigenvalue weighted by atomic mass is 32.1. The number of ether oxygens (including phenoxy) is 1. The van der Waals surface area contributed by atoms with E-state index in [1.165, 1.54) is 29.5 Å². The molecule has 1 aromatic carbocycles. The van der Waals surface area contributed by atoms with Gasteiger partial charge in [-0.05, 0) is 42.1 Å². The Balaban J connectivity index is 1.83. The molecular formula is C18H16F3NO3S. The van der Waals surface area contributed by atoms with E-state index in [9.17, 15) is 22.8 Å². The van der Waals surface area contributed by atoms with Gasteiger partial charge in [0.25, 0.3) is 5.91 Å². The highest BCUT2D eigenvalue weighted by Gasteiger charge is 2.30. The monoisotopic (exact) mass is 383 g/mol. The Morgan fingerprint density at radius 1 is 1.27 bits per heavy atom. The summed E-state index contributed by atoms with van der Waals surface area (Å²) in [5, 5.41) is 4.57. The molecule has 4 nitrogen and oxygen atoms in total. The van der Waals surface area contributed by atoms with E-state index in [-0.39, 0.29) is 11.6 Å². The predicted octanol–water partition coefficient (Wildman–Crippen LogP) is 4.20. The molecule has 1 aromatic heterocycles. The second-order valence-electron chi connectivity index (χ2n) is 5.37. The minimum Gasteiger partial charge on any atom is -0.452 e. The number of benzene rings is 1. The van der Waals surface area contributed by atoms with Crippen molar-refractivity contribution in [2.75, 3.05) is 6.61 Å². The minimum atomic E-state index is -4.46. The fraction of sp³-hybridized carbons (Fsp3) is 0.222. The van der Waals surface area contributed by atoms with E-state index in [1.54, 1.807) is 6.92 Å². The van der Waals surface area contributed by atoms with Gasteiger partial charge in [0, 0.05) is 11.0 Å². The molecule has 2 rings (SSSR count). The summed E-state index contributed by atoms with van der Waals surface area (Å²) in [6, 6.07) is 8.05. The third kappa shape index (κ3) is 6.03. The summed E-state index contributed by atoms with van der Waals surface area (Å²) < 4.78 is 42.7. The SMILES string of the molecule is C[C@@H](NC(=O)COC(=O)/C=C/c1cccc(C(F)(F)F)c1)c1cccs1. The molecule has 2 aromatic rings. The van der Waals surface area contributed by atoms with Gasteiger partial charge in [0.15, 0.2) is 6.61 Å². The van der Waals surface area contributed by atoms with Gasteiger partial charge in [0.1, 0.15) is 0 Å². The number of esters is 1. The maximum Gasteiger partial charge on any atom is 0.416 e. The minimum absolute atomic E-state index is 0.201. The molecule has 0 aliphatic heterocycles. The molecular weight excluding hydrogens is 367 g/mol. The number of thiophene rings is 1. The Kier molecular flexibility index (Phi) is 6.57. The van der Waals surface area contributed by atoms with Crippen LogP contribution in [0.2, 0.25) is 0 Å². The van der Waals surface area contributed by atoms with Crippen LogP contribution < -0.4 is 5.32 Å². The number of hydrogen-bond acceptors (Lipinski definition) is 4. The fourth-order valence-corrected chi connectivity index (χ4v) is 2.79. The summed E-state index contributed by atoms with van der Waals surface area (Å²) in [7, 11) is 0. The van der Waals surface area contributed by atoms with E-state index >= 15 is 0 Å². The summed E-state index contributed by atoms with van der Waals surface area (Å²) >= 11 is 1.49. The molecule has 0 aliphatic rings. The molecule has 1 heterocycles. The molecule has 1 atom stereocenters. The van der Waals surface area contributed by atoms with Crippen molar-refractivity contribution in [3.63, 3.8) is 0 Å². The van der Waals surface area contributed by atoms with Crippen LogP contribution >= 0.6 is 11.3 Å². The van der Waals surface area contributed by atoms with Crippen molar-refractivity contribution in [1.29, 1.82) is 0 Å². The third-order valence-electron chi connectivity index (χ3n) is 3.32. The van der Waals surface area contributed by atoms with Crippen LogP contribution in [-0.2, 0) is 20.5 Å². The van der Waals surface area contributed by atoms with Crippen LogP contribution in [0.3, 0.4) is 0 Å². The van der Waals surface area contributed by atoms with Gasteiger partial charge in [0.05, 0.1) is 11.6 Å². The number of carbonyl (C=O) groups is 2. The first kappa shape index (κ1) is 19.7. The Hall–Kier alpha value is -2.61. The molecule has 0 spiro atoms. The molecule has 0 aliphatic carbocycles. The van der Waals surface area contributed by atoms with E-state index in [0.29, 0.717) is 0 Å². The Labute approximate surface area is 152 Å². The van der Waals surface area contributed by atoms with Crippen LogP contribution in [0.1, 0.15) is 29.0 Å². The summed E-state index contributed by atoms with van der Waals surface area (Å²) in [5.41, 5.74) is -0.609. The number of halogens is 3. The molecule has 26 heavy (non-hydrogen) atoms. The average Bonchev–Trinajstić information content (AvgIpc) is 3.12. The zero-order chi connectivity index (χ0) is 19.2. The zero-order valence-electron chi connectivity index (χ0n) is 13.7. The first-order valence-corrected chi connectivity index (χ1v) is 8.48. The molecule has 0 radical (unpaired) electrons. The van der Waals surface area contributed by atoms with Gasteiger partial charge in [-0.25, -0.2) is 4.79 Å². The molecule has 0 fully saturated rings. The number of hydrogen-bond donors (Lipinski definition) is 1. The lowest BCUT2D eigenvalue weighted by Gasteiger charge is -2.11. The quantitative estimate of drug-likeness (QED) is 0.601. The van der Waals surface area contributed by atoms with Gasteiger partial charge in [-0.15, -0.1) is 11.3 Å². The highest BCUT2D eigenvalue weighted by molar-refractivity contribution is 7.10. The largest absolute Gasteiger partial charge is 0.452 e. The summed E-state index contributed by atoms with van der Waals surface area (Å²) in [6.07, 6.45) is -2.28.